The molecular weight excluding hydrogens is 310 g/mol. The van der Waals surface area contributed by atoms with E-state index in [1.807, 2.05) is 52.0 Å². The molecule has 0 N–H and O–H groups in total. The maximum atomic E-state index is 12.6. The largest absolute Gasteiger partial charge is 0.458 e. The molecule has 0 fully saturated rings. The molecule has 0 saturated carbocycles. The van der Waals surface area contributed by atoms with Crippen LogP contribution in [0.5, 0.6) is 0 Å². The Morgan fingerprint density at radius 1 is 1.22 bits per heavy atom. The number of ether oxygens (including phenoxy) is 1. The molecule has 1 rings (SSSR count). The molecule has 0 amide bonds. The molecule has 0 aromatic heterocycles. The van der Waals surface area contributed by atoms with Gasteiger partial charge in [0.2, 0.25) is 0 Å². The molecule has 0 aliphatic carbocycles. The minimum Gasteiger partial charge on any atom is -0.458 e. The highest BCUT2D eigenvalue weighted by molar-refractivity contribution is 6.30. The van der Waals surface area contributed by atoms with Crippen molar-refractivity contribution in [3.05, 3.63) is 34.9 Å². The minimum absolute atomic E-state index is 0.282. The molecule has 1 unspecified atom stereocenters. The van der Waals surface area contributed by atoms with Crippen molar-refractivity contribution in [1.82, 2.24) is 0 Å². The standard InChI is InChI=1S/C19H28ClNO2/c1-14(2)11-12-19(6,17(22)23-18(3,4)5)21-13-15-7-9-16(20)10-8-15/h7-10,13-14H,11-12H2,1-6H3/b21-13+. The minimum atomic E-state index is -0.878. The second-order valence-electron chi connectivity index (χ2n) is 7.52. The summed E-state index contributed by atoms with van der Waals surface area (Å²) in [5.74, 6) is 0.221. The van der Waals surface area contributed by atoms with E-state index in [-0.39, 0.29) is 5.97 Å². The smallest absolute Gasteiger partial charge is 0.334 e. The highest BCUT2D eigenvalue weighted by Gasteiger charge is 2.36. The van der Waals surface area contributed by atoms with E-state index in [4.69, 9.17) is 16.3 Å². The molecule has 23 heavy (non-hydrogen) atoms. The van der Waals surface area contributed by atoms with Crippen LogP contribution in [0.4, 0.5) is 0 Å². The van der Waals surface area contributed by atoms with Gasteiger partial charge in [-0.2, -0.15) is 0 Å². The summed E-state index contributed by atoms with van der Waals surface area (Å²) in [6.07, 6.45) is 3.29. The summed E-state index contributed by atoms with van der Waals surface area (Å²) in [6.45, 7) is 11.7. The summed E-state index contributed by atoms with van der Waals surface area (Å²) in [4.78, 5) is 17.2. The van der Waals surface area contributed by atoms with Gasteiger partial charge < -0.3 is 4.74 Å². The molecule has 0 aliphatic heterocycles. The van der Waals surface area contributed by atoms with Crippen molar-refractivity contribution in [2.45, 2.75) is 65.5 Å². The zero-order valence-electron chi connectivity index (χ0n) is 15.0. The van der Waals surface area contributed by atoms with Crippen LogP contribution in [0.1, 0.15) is 59.9 Å². The average Bonchev–Trinajstić information content (AvgIpc) is 2.42. The van der Waals surface area contributed by atoms with Crippen molar-refractivity contribution in [2.75, 3.05) is 0 Å². The van der Waals surface area contributed by atoms with Crippen LogP contribution in [0, 0.1) is 5.92 Å². The number of carbonyl (C=O) groups excluding carboxylic acids is 1. The summed E-state index contributed by atoms with van der Waals surface area (Å²) in [5, 5.41) is 0.678. The Morgan fingerprint density at radius 2 is 1.78 bits per heavy atom. The molecule has 1 aromatic carbocycles. The molecular formula is C19H28ClNO2. The van der Waals surface area contributed by atoms with E-state index < -0.39 is 11.1 Å². The number of nitrogens with zero attached hydrogens (tertiary/aromatic N) is 1. The van der Waals surface area contributed by atoms with Crippen LogP contribution in [-0.4, -0.2) is 23.3 Å². The fraction of sp³-hybridized carbons (Fsp3) is 0.579. The van der Waals surface area contributed by atoms with Gasteiger partial charge in [-0.1, -0.05) is 37.6 Å². The fourth-order valence-electron chi connectivity index (χ4n) is 1.94. The van der Waals surface area contributed by atoms with Crippen molar-refractivity contribution in [3.8, 4) is 0 Å². The number of hydrogen-bond donors (Lipinski definition) is 0. The summed E-state index contributed by atoms with van der Waals surface area (Å²) in [5.41, 5.74) is -0.489. The first-order valence-corrected chi connectivity index (χ1v) is 8.44. The molecule has 0 spiro atoms. The second kappa shape index (κ2) is 7.96. The quantitative estimate of drug-likeness (QED) is 0.522. The van der Waals surface area contributed by atoms with Gasteiger partial charge in [-0.05, 0) is 64.2 Å². The Morgan fingerprint density at radius 3 is 2.26 bits per heavy atom. The van der Waals surface area contributed by atoms with Gasteiger partial charge in [0.05, 0.1) is 0 Å². The number of aliphatic imine (C=N–C) groups is 1. The number of rotatable bonds is 6. The molecule has 0 radical (unpaired) electrons. The van der Waals surface area contributed by atoms with Crippen molar-refractivity contribution in [1.29, 1.82) is 0 Å². The third kappa shape index (κ3) is 7.17. The van der Waals surface area contributed by atoms with E-state index in [2.05, 4.69) is 18.8 Å². The summed E-state index contributed by atoms with van der Waals surface area (Å²) < 4.78 is 5.57. The van der Waals surface area contributed by atoms with Crippen LogP contribution < -0.4 is 0 Å². The first-order chi connectivity index (χ1) is 10.5. The van der Waals surface area contributed by atoms with Crippen molar-refractivity contribution in [2.24, 2.45) is 10.9 Å². The highest BCUT2D eigenvalue weighted by Crippen LogP contribution is 2.25. The maximum Gasteiger partial charge on any atom is 0.334 e. The van der Waals surface area contributed by atoms with Gasteiger partial charge in [-0.25, -0.2) is 4.79 Å². The van der Waals surface area contributed by atoms with Crippen LogP contribution in [-0.2, 0) is 9.53 Å². The third-order valence-electron chi connectivity index (χ3n) is 3.42. The zero-order valence-corrected chi connectivity index (χ0v) is 15.8. The summed E-state index contributed by atoms with van der Waals surface area (Å²) >= 11 is 5.89. The van der Waals surface area contributed by atoms with Gasteiger partial charge >= 0.3 is 5.97 Å². The van der Waals surface area contributed by atoms with Gasteiger partial charge in [-0.3, -0.25) is 4.99 Å². The first kappa shape index (κ1) is 19.7. The van der Waals surface area contributed by atoms with Gasteiger partial charge in [0, 0.05) is 11.2 Å². The second-order valence-corrected chi connectivity index (χ2v) is 7.95. The number of esters is 1. The topological polar surface area (TPSA) is 38.7 Å². The zero-order chi connectivity index (χ0) is 17.7. The Kier molecular flexibility index (Phi) is 6.82. The lowest BCUT2D eigenvalue weighted by Crippen LogP contribution is -2.40. The lowest BCUT2D eigenvalue weighted by Gasteiger charge is -2.29. The Bertz CT molecular complexity index is 543. The number of halogens is 1. The van der Waals surface area contributed by atoms with Gasteiger partial charge in [0.1, 0.15) is 5.60 Å². The number of hydrogen-bond acceptors (Lipinski definition) is 3. The molecule has 0 heterocycles. The van der Waals surface area contributed by atoms with E-state index >= 15 is 0 Å². The van der Waals surface area contributed by atoms with Crippen LogP contribution in [0.2, 0.25) is 5.02 Å². The molecule has 0 saturated heterocycles. The Labute approximate surface area is 145 Å². The van der Waals surface area contributed by atoms with Crippen molar-refractivity contribution >= 4 is 23.8 Å². The third-order valence-corrected chi connectivity index (χ3v) is 3.67. The lowest BCUT2D eigenvalue weighted by atomic mass is 9.92. The van der Waals surface area contributed by atoms with Crippen LogP contribution in [0.3, 0.4) is 0 Å². The molecule has 3 nitrogen and oxygen atoms in total. The summed E-state index contributed by atoms with van der Waals surface area (Å²) in [7, 11) is 0. The van der Waals surface area contributed by atoms with Crippen molar-refractivity contribution < 1.29 is 9.53 Å². The van der Waals surface area contributed by atoms with E-state index in [9.17, 15) is 4.79 Å². The number of carbonyl (C=O) groups is 1. The average molecular weight is 338 g/mol. The molecule has 128 valence electrons. The van der Waals surface area contributed by atoms with E-state index in [1.54, 1.807) is 6.21 Å². The Balaban J connectivity index is 2.98. The first-order valence-electron chi connectivity index (χ1n) is 8.06. The van der Waals surface area contributed by atoms with Crippen molar-refractivity contribution in [3.63, 3.8) is 0 Å². The van der Waals surface area contributed by atoms with E-state index in [0.717, 1.165) is 12.0 Å². The molecule has 1 aromatic rings. The summed E-state index contributed by atoms with van der Waals surface area (Å²) in [6, 6.07) is 7.37. The fourth-order valence-corrected chi connectivity index (χ4v) is 2.07. The normalized spacial score (nSPS) is 15.0. The lowest BCUT2D eigenvalue weighted by molar-refractivity contribution is -0.161. The van der Waals surface area contributed by atoms with Gasteiger partial charge in [-0.15, -0.1) is 0 Å². The van der Waals surface area contributed by atoms with Gasteiger partial charge in [0.25, 0.3) is 0 Å². The number of benzene rings is 1. The monoisotopic (exact) mass is 337 g/mol. The Hall–Kier alpha value is -1.35. The molecule has 0 aliphatic rings. The maximum absolute atomic E-state index is 12.6. The van der Waals surface area contributed by atoms with Crippen LogP contribution in [0.15, 0.2) is 29.3 Å². The molecule has 1 atom stereocenters. The highest BCUT2D eigenvalue weighted by atomic mass is 35.5. The SMILES string of the molecule is CC(C)CCC(C)(/N=C/c1ccc(Cl)cc1)C(=O)OC(C)(C)C. The van der Waals surface area contributed by atoms with Crippen LogP contribution >= 0.6 is 11.6 Å². The van der Waals surface area contributed by atoms with Crippen LogP contribution in [0.25, 0.3) is 0 Å². The predicted octanol–water partition coefficient (Wildman–Crippen LogP) is 5.30. The molecule has 4 heteroatoms. The predicted molar refractivity (Wildman–Crippen MR) is 97.4 cm³/mol. The van der Waals surface area contributed by atoms with Gasteiger partial charge in [0.15, 0.2) is 5.54 Å². The van der Waals surface area contributed by atoms with E-state index in [1.165, 1.54) is 0 Å². The molecule has 0 bridgehead atoms. The van der Waals surface area contributed by atoms with E-state index in [0.29, 0.717) is 17.4 Å².